The Bertz CT molecular complexity index is 579. The number of hydrogen-bond donors (Lipinski definition) is 1. The molecule has 0 bridgehead atoms. The molecule has 0 aromatic heterocycles. The van der Waals surface area contributed by atoms with Gasteiger partial charge in [-0.2, -0.15) is 0 Å². The van der Waals surface area contributed by atoms with E-state index in [0.29, 0.717) is 16.6 Å². The number of rotatable bonds is 3. The highest BCUT2D eigenvalue weighted by atomic mass is 35.5. The lowest BCUT2D eigenvalue weighted by molar-refractivity contribution is -0.123. The van der Waals surface area contributed by atoms with Crippen molar-refractivity contribution < 1.29 is 9.59 Å². The number of piperidine rings is 1. The monoisotopic (exact) mass is 321 g/mol. The molecule has 0 saturated carbocycles. The van der Waals surface area contributed by atoms with Gasteiger partial charge in [-0.3, -0.25) is 14.5 Å². The highest BCUT2D eigenvalue weighted by molar-refractivity contribution is 6.30. The van der Waals surface area contributed by atoms with Crippen LogP contribution in [0.4, 0.5) is 0 Å². The third-order valence-electron chi connectivity index (χ3n) is 4.67. The second-order valence-electron chi connectivity index (χ2n) is 6.09. The number of nitrogens with two attached hydrogens (primary N) is 1. The van der Waals surface area contributed by atoms with Crippen molar-refractivity contribution in [3.8, 4) is 0 Å². The van der Waals surface area contributed by atoms with Crippen molar-refractivity contribution >= 4 is 23.4 Å². The van der Waals surface area contributed by atoms with E-state index in [0.717, 1.165) is 39.0 Å². The van der Waals surface area contributed by atoms with Gasteiger partial charge in [0.15, 0.2) is 0 Å². The van der Waals surface area contributed by atoms with Gasteiger partial charge in [0, 0.05) is 35.6 Å². The summed E-state index contributed by atoms with van der Waals surface area (Å²) in [6, 6.07) is 7.45. The first-order chi connectivity index (χ1) is 10.5. The second kappa shape index (κ2) is 6.26. The molecule has 22 heavy (non-hydrogen) atoms. The van der Waals surface area contributed by atoms with Gasteiger partial charge in [-0.25, -0.2) is 0 Å². The summed E-state index contributed by atoms with van der Waals surface area (Å²) >= 11 is 5.93. The summed E-state index contributed by atoms with van der Waals surface area (Å²) in [5, 5.41) is 0.580. The molecule has 2 fully saturated rings. The van der Waals surface area contributed by atoms with Crippen LogP contribution >= 0.6 is 11.6 Å². The van der Waals surface area contributed by atoms with Crippen LogP contribution in [0, 0.1) is 5.92 Å². The standard InChI is InChI=1S/C16H20ClN3O2/c17-13-3-1-2-12(8-13)16(22)20-9-14(10-20)19-6-4-11(5-7-19)15(18)21/h1-3,8,11,14H,4-7,9-10H2,(H2,18,21). The van der Waals surface area contributed by atoms with Gasteiger partial charge in [0.1, 0.15) is 0 Å². The molecule has 0 spiro atoms. The van der Waals surface area contributed by atoms with Crippen molar-refractivity contribution in [3.05, 3.63) is 34.9 Å². The van der Waals surface area contributed by atoms with Crippen molar-refractivity contribution in [2.24, 2.45) is 11.7 Å². The quantitative estimate of drug-likeness (QED) is 0.914. The fraction of sp³-hybridized carbons (Fsp3) is 0.500. The molecule has 118 valence electrons. The Morgan fingerprint density at radius 1 is 1.18 bits per heavy atom. The maximum absolute atomic E-state index is 12.3. The SMILES string of the molecule is NC(=O)C1CCN(C2CN(C(=O)c3cccc(Cl)c3)C2)CC1. The highest BCUT2D eigenvalue weighted by Crippen LogP contribution is 2.24. The summed E-state index contributed by atoms with van der Waals surface area (Å²) < 4.78 is 0. The number of hydrogen-bond acceptors (Lipinski definition) is 3. The Kier molecular flexibility index (Phi) is 4.36. The number of likely N-dealkylation sites (tertiary alicyclic amines) is 2. The maximum atomic E-state index is 12.3. The molecule has 2 N–H and O–H groups in total. The first kappa shape index (κ1) is 15.3. The van der Waals surface area contributed by atoms with Gasteiger partial charge in [0.2, 0.25) is 5.91 Å². The number of amides is 2. The molecule has 2 aliphatic rings. The summed E-state index contributed by atoms with van der Waals surface area (Å²) in [5.74, 6) is -0.141. The average molecular weight is 322 g/mol. The molecule has 1 aromatic rings. The van der Waals surface area contributed by atoms with E-state index in [1.54, 1.807) is 24.3 Å². The molecule has 6 heteroatoms. The first-order valence-electron chi connectivity index (χ1n) is 7.63. The van der Waals surface area contributed by atoms with Gasteiger partial charge in [0.25, 0.3) is 5.91 Å². The van der Waals surface area contributed by atoms with E-state index in [-0.39, 0.29) is 17.7 Å². The molecule has 1 aromatic carbocycles. The maximum Gasteiger partial charge on any atom is 0.254 e. The summed E-state index contributed by atoms with van der Waals surface area (Å²) in [4.78, 5) is 27.7. The predicted octanol–water partition coefficient (Wildman–Crippen LogP) is 1.36. The van der Waals surface area contributed by atoms with Crippen LogP contribution < -0.4 is 5.73 Å². The lowest BCUT2D eigenvalue weighted by Gasteiger charge is -2.47. The van der Waals surface area contributed by atoms with Gasteiger partial charge >= 0.3 is 0 Å². The third-order valence-corrected chi connectivity index (χ3v) is 4.90. The van der Waals surface area contributed by atoms with E-state index >= 15 is 0 Å². The van der Waals surface area contributed by atoms with Gasteiger partial charge in [-0.1, -0.05) is 17.7 Å². The molecular formula is C16H20ClN3O2. The molecule has 2 aliphatic heterocycles. The van der Waals surface area contributed by atoms with E-state index in [1.807, 2.05) is 4.90 Å². The van der Waals surface area contributed by atoms with Crippen molar-refractivity contribution in [2.45, 2.75) is 18.9 Å². The molecule has 0 unspecified atom stereocenters. The Morgan fingerprint density at radius 2 is 1.86 bits per heavy atom. The van der Waals surface area contributed by atoms with Crippen LogP contribution in [0.2, 0.25) is 5.02 Å². The van der Waals surface area contributed by atoms with Crippen LogP contribution in [0.15, 0.2) is 24.3 Å². The topological polar surface area (TPSA) is 66.6 Å². The molecule has 2 saturated heterocycles. The van der Waals surface area contributed by atoms with E-state index in [1.165, 1.54) is 0 Å². The van der Waals surface area contributed by atoms with Crippen LogP contribution in [-0.4, -0.2) is 53.8 Å². The summed E-state index contributed by atoms with van der Waals surface area (Å²) in [6.07, 6.45) is 1.65. The van der Waals surface area contributed by atoms with E-state index in [9.17, 15) is 9.59 Å². The number of benzene rings is 1. The molecule has 2 heterocycles. The normalized spacial score (nSPS) is 20.7. The fourth-order valence-electron chi connectivity index (χ4n) is 3.21. The predicted molar refractivity (Wildman–Crippen MR) is 84.6 cm³/mol. The molecule has 0 aliphatic carbocycles. The Hall–Kier alpha value is -1.59. The number of primary amides is 1. The molecule has 0 radical (unpaired) electrons. The number of carbonyl (C=O) groups is 2. The highest BCUT2D eigenvalue weighted by Gasteiger charge is 2.37. The van der Waals surface area contributed by atoms with Gasteiger partial charge in [-0.15, -0.1) is 0 Å². The minimum Gasteiger partial charge on any atom is -0.369 e. The van der Waals surface area contributed by atoms with Crippen molar-refractivity contribution in [2.75, 3.05) is 26.2 Å². The fourth-order valence-corrected chi connectivity index (χ4v) is 3.40. The van der Waals surface area contributed by atoms with E-state index in [2.05, 4.69) is 4.90 Å². The molecule has 0 atom stereocenters. The number of carbonyl (C=O) groups excluding carboxylic acids is 2. The van der Waals surface area contributed by atoms with Crippen LogP contribution in [0.1, 0.15) is 23.2 Å². The summed E-state index contributed by atoms with van der Waals surface area (Å²) in [5.41, 5.74) is 5.99. The average Bonchev–Trinajstić information content (AvgIpc) is 2.46. The van der Waals surface area contributed by atoms with Crippen LogP contribution in [0.5, 0.6) is 0 Å². The van der Waals surface area contributed by atoms with Gasteiger partial charge < -0.3 is 10.6 Å². The first-order valence-corrected chi connectivity index (χ1v) is 8.00. The Balaban J connectivity index is 1.50. The zero-order chi connectivity index (χ0) is 15.7. The lowest BCUT2D eigenvalue weighted by Crippen LogP contribution is -2.62. The minimum atomic E-state index is -0.189. The molecule has 3 rings (SSSR count). The van der Waals surface area contributed by atoms with Crippen molar-refractivity contribution in [1.29, 1.82) is 0 Å². The minimum absolute atomic E-state index is 0.0144. The molecule has 2 amide bonds. The Morgan fingerprint density at radius 3 is 2.45 bits per heavy atom. The Labute approximate surface area is 135 Å². The van der Waals surface area contributed by atoms with E-state index < -0.39 is 0 Å². The third kappa shape index (κ3) is 3.10. The number of nitrogens with zero attached hydrogens (tertiary/aromatic N) is 2. The summed E-state index contributed by atoms with van der Waals surface area (Å²) in [7, 11) is 0. The summed E-state index contributed by atoms with van der Waals surface area (Å²) in [6.45, 7) is 3.26. The molecular weight excluding hydrogens is 302 g/mol. The van der Waals surface area contributed by atoms with Gasteiger partial charge in [0.05, 0.1) is 0 Å². The largest absolute Gasteiger partial charge is 0.369 e. The smallest absolute Gasteiger partial charge is 0.254 e. The zero-order valence-corrected chi connectivity index (χ0v) is 13.1. The van der Waals surface area contributed by atoms with Crippen LogP contribution in [0.25, 0.3) is 0 Å². The van der Waals surface area contributed by atoms with E-state index in [4.69, 9.17) is 17.3 Å². The zero-order valence-electron chi connectivity index (χ0n) is 12.4. The number of halogens is 1. The second-order valence-corrected chi connectivity index (χ2v) is 6.52. The lowest BCUT2D eigenvalue weighted by atomic mass is 9.93. The van der Waals surface area contributed by atoms with Crippen molar-refractivity contribution in [3.63, 3.8) is 0 Å². The van der Waals surface area contributed by atoms with Crippen LogP contribution in [-0.2, 0) is 4.79 Å². The van der Waals surface area contributed by atoms with Gasteiger partial charge in [-0.05, 0) is 44.1 Å². The molecule has 5 nitrogen and oxygen atoms in total. The van der Waals surface area contributed by atoms with Crippen molar-refractivity contribution in [1.82, 2.24) is 9.80 Å². The van der Waals surface area contributed by atoms with Crippen LogP contribution in [0.3, 0.4) is 0 Å².